The van der Waals surface area contributed by atoms with E-state index in [0.717, 1.165) is 24.3 Å². The number of likely N-dealkylation sites (N-methyl/N-ethyl adjacent to an activating group) is 1. The Morgan fingerprint density at radius 3 is 2.50 bits per heavy atom. The van der Waals surface area contributed by atoms with E-state index in [1.165, 1.54) is 5.56 Å². The largest absolute Gasteiger partial charge is 0.397 e. The van der Waals surface area contributed by atoms with Crippen molar-refractivity contribution >= 4 is 23.0 Å². The van der Waals surface area contributed by atoms with Gasteiger partial charge in [-0.3, -0.25) is 0 Å². The number of rotatable bonds is 4. The maximum atomic E-state index is 5.97. The van der Waals surface area contributed by atoms with Gasteiger partial charge in [0.05, 0.1) is 11.4 Å². The Hall–Kier alpha value is -1.67. The number of anilines is 2. The Morgan fingerprint density at radius 1 is 1.11 bits per heavy atom. The van der Waals surface area contributed by atoms with Gasteiger partial charge in [0, 0.05) is 18.6 Å². The van der Waals surface area contributed by atoms with Gasteiger partial charge in [0.1, 0.15) is 0 Å². The van der Waals surface area contributed by atoms with E-state index in [-0.39, 0.29) is 0 Å². The summed E-state index contributed by atoms with van der Waals surface area (Å²) in [6.45, 7) is 0.926. The molecule has 0 saturated carbocycles. The standard InChI is InChI=1S/C15H17ClN2/c1-18(10-9-12-5-3-2-4-6-12)15-8-7-13(16)11-14(15)17/h2-8,11H,9-10,17H2,1H3. The maximum Gasteiger partial charge on any atom is 0.0598 e. The normalized spacial score (nSPS) is 10.3. The SMILES string of the molecule is CN(CCc1ccccc1)c1ccc(Cl)cc1N. The van der Waals surface area contributed by atoms with Crippen LogP contribution < -0.4 is 10.6 Å². The third-order valence-corrected chi connectivity index (χ3v) is 3.21. The molecule has 0 atom stereocenters. The molecular weight excluding hydrogens is 244 g/mol. The lowest BCUT2D eigenvalue weighted by Gasteiger charge is -2.21. The van der Waals surface area contributed by atoms with Crippen molar-refractivity contribution in [1.29, 1.82) is 0 Å². The van der Waals surface area contributed by atoms with Gasteiger partial charge < -0.3 is 10.6 Å². The minimum atomic E-state index is 0.674. The van der Waals surface area contributed by atoms with Crippen LogP contribution in [0.15, 0.2) is 48.5 Å². The number of halogens is 1. The zero-order valence-electron chi connectivity index (χ0n) is 10.4. The van der Waals surface area contributed by atoms with Gasteiger partial charge >= 0.3 is 0 Å². The van der Waals surface area contributed by atoms with Crippen molar-refractivity contribution in [3.05, 3.63) is 59.1 Å². The highest BCUT2D eigenvalue weighted by atomic mass is 35.5. The molecule has 2 nitrogen and oxygen atoms in total. The Labute approximate surface area is 113 Å². The summed E-state index contributed by atoms with van der Waals surface area (Å²) in [6, 6.07) is 16.0. The number of nitrogen functional groups attached to an aromatic ring is 1. The molecule has 0 aromatic heterocycles. The molecule has 2 aromatic carbocycles. The number of benzene rings is 2. The highest BCUT2D eigenvalue weighted by Gasteiger charge is 2.05. The van der Waals surface area contributed by atoms with E-state index >= 15 is 0 Å². The van der Waals surface area contributed by atoms with Gasteiger partial charge in [0.25, 0.3) is 0 Å². The first-order valence-electron chi connectivity index (χ1n) is 5.97. The van der Waals surface area contributed by atoms with E-state index in [1.807, 2.05) is 25.2 Å². The van der Waals surface area contributed by atoms with E-state index in [4.69, 9.17) is 17.3 Å². The van der Waals surface area contributed by atoms with Gasteiger partial charge in [-0.05, 0) is 30.2 Å². The molecule has 2 aromatic rings. The summed E-state index contributed by atoms with van der Waals surface area (Å²) in [5.41, 5.74) is 9.04. The molecule has 18 heavy (non-hydrogen) atoms. The molecule has 0 fully saturated rings. The highest BCUT2D eigenvalue weighted by Crippen LogP contribution is 2.25. The fourth-order valence-electron chi connectivity index (χ4n) is 1.93. The number of nitrogens with zero attached hydrogens (tertiary/aromatic N) is 1. The van der Waals surface area contributed by atoms with Crippen LogP contribution in [-0.4, -0.2) is 13.6 Å². The van der Waals surface area contributed by atoms with E-state index in [1.54, 1.807) is 6.07 Å². The van der Waals surface area contributed by atoms with Gasteiger partial charge in [-0.15, -0.1) is 0 Å². The van der Waals surface area contributed by atoms with Crippen LogP contribution in [0.2, 0.25) is 5.02 Å². The van der Waals surface area contributed by atoms with Gasteiger partial charge in [0.2, 0.25) is 0 Å². The van der Waals surface area contributed by atoms with Crippen LogP contribution in [-0.2, 0) is 6.42 Å². The molecule has 0 unspecified atom stereocenters. The number of hydrogen-bond donors (Lipinski definition) is 1. The Morgan fingerprint density at radius 2 is 1.83 bits per heavy atom. The lowest BCUT2D eigenvalue weighted by molar-refractivity contribution is 0.878. The van der Waals surface area contributed by atoms with E-state index < -0.39 is 0 Å². The fourth-order valence-corrected chi connectivity index (χ4v) is 2.12. The van der Waals surface area contributed by atoms with Crippen LogP contribution in [0.4, 0.5) is 11.4 Å². The first-order chi connectivity index (χ1) is 8.66. The van der Waals surface area contributed by atoms with Crippen LogP contribution in [0.1, 0.15) is 5.56 Å². The molecule has 0 radical (unpaired) electrons. The number of nitrogens with two attached hydrogens (primary N) is 1. The predicted octanol–water partition coefficient (Wildman–Crippen LogP) is 3.60. The second-order valence-corrected chi connectivity index (χ2v) is 4.80. The molecule has 0 aliphatic rings. The van der Waals surface area contributed by atoms with Crippen molar-refractivity contribution in [2.75, 3.05) is 24.2 Å². The quantitative estimate of drug-likeness (QED) is 0.851. The topological polar surface area (TPSA) is 29.3 Å². The van der Waals surface area contributed by atoms with Crippen molar-refractivity contribution in [1.82, 2.24) is 0 Å². The minimum absolute atomic E-state index is 0.674. The van der Waals surface area contributed by atoms with Gasteiger partial charge in [-0.1, -0.05) is 41.9 Å². The highest BCUT2D eigenvalue weighted by molar-refractivity contribution is 6.31. The van der Waals surface area contributed by atoms with Crippen molar-refractivity contribution in [2.24, 2.45) is 0 Å². The van der Waals surface area contributed by atoms with Crippen LogP contribution in [0.5, 0.6) is 0 Å². The van der Waals surface area contributed by atoms with Crippen LogP contribution in [0, 0.1) is 0 Å². The Balaban J connectivity index is 2.01. The molecule has 2 N–H and O–H groups in total. The smallest absolute Gasteiger partial charge is 0.0598 e. The molecule has 0 aliphatic heterocycles. The number of hydrogen-bond acceptors (Lipinski definition) is 2. The van der Waals surface area contributed by atoms with E-state index in [0.29, 0.717) is 5.02 Å². The Bertz CT molecular complexity index is 511. The molecule has 3 heteroatoms. The second-order valence-electron chi connectivity index (χ2n) is 4.36. The molecule has 0 amide bonds. The summed E-state index contributed by atoms with van der Waals surface area (Å²) in [6.07, 6.45) is 0.999. The summed E-state index contributed by atoms with van der Waals surface area (Å²) < 4.78 is 0. The van der Waals surface area contributed by atoms with Gasteiger partial charge in [-0.2, -0.15) is 0 Å². The molecule has 0 aliphatic carbocycles. The average Bonchev–Trinajstić information content (AvgIpc) is 2.37. The third kappa shape index (κ3) is 3.17. The zero-order valence-corrected chi connectivity index (χ0v) is 11.2. The summed E-state index contributed by atoms with van der Waals surface area (Å²) in [7, 11) is 2.04. The minimum Gasteiger partial charge on any atom is -0.397 e. The molecular formula is C15H17ClN2. The summed E-state index contributed by atoms with van der Waals surface area (Å²) >= 11 is 5.90. The van der Waals surface area contributed by atoms with Crippen LogP contribution in [0.3, 0.4) is 0 Å². The molecule has 94 valence electrons. The first kappa shape index (κ1) is 12.8. The van der Waals surface area contributed by atoms with Crippen molar-refractivity contribution < 1.29 is 0 Å². The zero-order chi connectivity index (χ0) is 13.0. The van der Waals surface area contributed by atoms with Crippen LogP contribution in [0.25, 0.3) is 0 Å². The molecule has 2 rings (SSSR count). The lowest BCUT2D eigenvalue weighted by atomic mass is 10.1. The van der Waals surface area contributed by atoms with Gasteiger partial charge in [0.15, 0.2) is 0 Å². The molecule has 0 spiro atoms. The molecule has 0 saturated heterocycles. The molecule has 0 heterocycles. The van der Waals surface area contributed by atoms with Gasteiger partial charge in [-0.25, -0.2) is 0 Å². The Kier molecular flexibility index (Phi) is 4.11. The van der Waals surface area contributed by atoms with Crippen LogP contribution >= 0.6 is 11.6 Å². The predicted molar refractivity (Wildman–Crippen MR) is 79.3 cm³/mol. The summed E-state index contributed by atoms with van der Waals surface area (Å²) in [4.78, 5) is 2.15. The van der Waals surface area contributed by atoms with E-state index in [9.17, 15) is 0 Å². The average molecular weight is 261 g/mol. The fraction of sp³-hybridized carbons (Fsp3) is 0.200. The molecule has 0 bridgehead atoms. The lowest BCUT2D eigenvalue weighted by Crippen LogP contribution is -2.21. The summed E-state index contributed by atoms with van der Waals surface area (Å²) in [5.74, 6) is 0. The monoisotopic (exact) mass is 260 g/mol. The van der Waals surface area contributed by atoms with Crippen molar-refractivity contribution in [2.45, 2.75) is 6.42 Å². The maximum absolute atomic E-state index is 5.97. The van der Waals surface area contributed by atoms with E-state index in [2.05, 4.69) is 29.2 Å². The van der Waals surface area contributed by atoms with Crippen molar-refractivity contribution in [3.8, 4) is 0 Å². The first-order valence-corrected chi connectivity index (χ1v) is 6.34. The second kappa shape index (κ2) is 5.78. The third-order valence-electron chi connectivity index (χ3n) is 2.98. The summed E-state index contributed by atoms with van der Waals surface area (Å²) in [5, 5.41) is 0.674. The van der Waals surface area contributed by atoms with Crippen molar-refractivity contribution in [3.63, 3.8) is 0 Å².